The Kier molecular flexibility index (Phi) is 5.98. The molecule has 0 bridgehead atoms. The monoisotopic (exact) mass is 423 g/mol. The Labute approximate surface area is 170 Å². The summed E-state index contributed by atoms with van der Waals surface area (Å²) in [5, 5.41) is 7.62. The molecule has 0 amide bonds. The second kappa shape index (κ2) is 8.29. The predicted octanol–water partition coefficient (Wildman–Crippen LogP) is 5.22. The Balaban J connectivity index is 1.97. The lowest BCUT2D eigenvalue weighted by atomic mass is 9.97. The topological polar surface area (TPSA) is 59.4 Å². The maximum atomic E-state index is 13.5. The summed E-state index contributed by atoms with van der Waals surface area (Å²) in [5.41, 5.74) is 1.13. The van der Waals surface area contributed by atoms with Gasteiger partial charge in [-0.1, -0.05) is 41.9 Å². The van der Waals surface area contributed by atoms with Gasteiger partial charge < -0.3 is 14.9 Å². The van der Waals surface area contributed by atoms with E-state index in [2.05, 4.69) is 0 Å². The fraction of sp³-hybridized carbons (Fsp3) is 0.238. The van der Waals surface area contributed by atoms with Crippen molar-refractivity contribution in [2.45, 2.75) is 25.6 Å². The van der Waals surface area contributed by atoms with Crippen LogP contribution in [0, 0.1) is 5.41 Å². The zero-order valence-corrected chi connectivity index (χ0v) is 16.1. The van der Waals surface area contributed by atoms with Gasteiger partial charge in [0.25, 0.3) is 0 Å². The molecule has 1 atom stereocenters. The third kappa shape index (κ3) is 4.98. The molecular weight excluding hydrogens is 407 g/mol. The minimum Gasteiger partial charge on any atom is -0.475 e. The van der Waals surface area contributed by atoms with Crippen molar-refractivity contribution in [2.75, 3.05) is 6.61 Å². The van der Waals surface area contributed by atoms with Crippen LogP contribution in [0.4, 0.5) is 13.2 Å². The Bertz CT molecular complexity index is 971. The highest BCUT2D eigenvalue weighted by atomic mass is 35.5. The summed E-state index contributed by atoms with van der Waals surface area (Å²) in [4.78, 5) is 12.2. The Hall–Kier alpha value is -2.80. The standard InChI is InChI=1S/C21H17ClF3NO3/c1-12(26)11-28-20(27)16-8-15-9-17(22)14(7-13-5-3-2-4-6-13)10-18(15)29-19(16)21(23,24)25/h2-6,8-10,19,26H,7,11H2,1H3/t19-/m0/s1. The molecule has 29 heavy (non-hydrogen) atoms. The molecule has 0 unspecified atom stereocenters. The maximum absolute atomic E-state index is 13.5. The molecule has 3 rings (SSSR count). The molecule has 152 valence electrons. The number of hydrogen-bond acceptors (Lipinski definition) is 4. The van der Waals surface area contributed by atoms with Crippen LogP contribution >= 0.6 is 11.6 Å². The van der Waals surface area contributed by atoms with E-state index < -0.39 is 30.4 Å². The number of esters is 1. The largest absolute Gasteiger partial charge is 0.475 e. The number of hydrogen-bond donors (Lipinski definition) is 1. The summed E-state index contributed by atoms with van der Waals surface area (Å²) in [7, 11) is 0. The Morgan fingerprint density at radius 2 is 1.93 bits per heavy atom. The second-order valence-electron chi connectivity index (χ2n) is 6.64. The SMILES string of the molecule is CC(=N)COC(=O)C1=Cc2cc(Cl)c(Cc3ccccc3)cc2O[C@@H]1C(F)(F)F. The lowest BCUT2D eigenvalue weighted by Crippen LogP contribution is -2.41. The molecule has 0 aliphatic carbocycles. The first-order valence-corrected chi connectivity index (χ1v) is 9.05. The molecular formula is C21H17ClF3NO3. The van der Waals surface area contributed by atoms with Gasteiger partial charge in [-0.3, -0.25) is 0 Å². The van der Waals surface area contributed by atoms with Crippen molar-refractivity contribution in [3.8, 4) is 5.75 Å². The van der Waals surface area contributed by atoms with Gasteiger partial charge in [0, 0.05) is 16.3 Å². The molecule has 4 nitrogen and oxygen atoms in total. The highest BCUT2D eigenvalue weighted by Crippen LogP contribution is 2.40. The second-order valence-corrected chi connectivity index (χ2v) is 7.05. The summed E-state index contributed by atoms with van der Waals surface area (Å²) >= 11 is 6.32. The maximum Gasteiger partial charge on any atom is 0.430 e. The van der Waals surface area contributed by atoms with Crippen LogP contribution in [-0.2, 0) is 16.0 Å². The summed E-state index contributed by atoms with van der Waals surface area (Å²) in [6.07, 6.45) is -5.78. The van der Waals surface area contributed by atoms with Crippen LogP contribution < -0.4 is 4.74 Å². The molecule has 2 aromatic rings. The Morgan fingerprint density at radius 3 is 2.55 bits per heavy atom. The van der Waals surface area contributed by atoms with Gasteiger partial charge in [-0.2, -0.15) is 13.2 Å². The van der Waals surface area contributed by atoms with Crippen molar-refractivity contribution in [1.29, 1.82) is 5.41 Å². The van der Waals surface area contributed by atoms with E-state index in [1.165, 1.54) is 19.1 Å². The van der Waals surface area contributed by atoms with E-state index in [4.69, 9.17) is 26.5 Å². The lowest BCUT2D eigenvalue weighted by Gasteiger charge is -2.28. The fourth-order valence-electron chi connectivity index (χ4n) is 2.88. The van der Waals surface area contributed by atoms with E-state index in [9.17, 15) is 18.0 Å². The fourth-order valence-corrected chi connectivity index (χ4v) is 3.12. The number of ether oxygens (including phenoxy) is 2. The van der Waals surface area contributed by atoms with Gasteiger partial charge in [-0.05, 0) is 42.7 Å². The zero-order chi connectivity index (χ0) is 21.2. The van der Waals surface area contributed by atoms with Gasteiger partial charge in [-0.25, -0.2) is 4.79 Å². The number of carbonyl (C=O) groups excluding carboxylic acids is 1. The van der Waals surface area contributed by atoms with Crippen molar-refractivity contribution in [2.24, 2.45) is 0 Å². The van der Waals surface area contributed by atoms with Gasteiger partial charge in [0.05, 0.1) is 5.57 Å². The normalized spacial score (nSPS) is 15.8. The minimum atomic E-state index is -4.82. The number of rotatable bonds is 5. The molecule has 8 heteroatoms. The van der Waals surface area contributed by atoms with Crippen LogP contribution in [0.5, 0.6) is 5.75 Å². The van der Waals surface area contributed by atoms with E-state index >= 15 is 0 Å². The first-order valence-electron chi connectivity index (χ1n) is 8.67. The van der Waals surface area contributed by atoms with Crippen LogP contribution in [0.3, 0.4) is 0 Å². The van der Waals surface area contributed by atoms with Gasteiger partial charge in [-0.15, -0.1) is 0 Å². The molecule has 0 spiro atoms. The third-order valence-electron chi connectivity index (χ3n) is 4.21. The molecule has 1 aliphatic rings. The van der Waals surface area contributed by atoms with E-state index in [1.807, 2.05) is 30.3 Å². The number of nitrogens with one attached hydrogen (secondary N) is 1. The predicted molar refractivity (Wildman–Crippen MR) is 104 cm³/mol. The van der Waals surface area contributed by atoms with Crippen LogP contribution in [0.15, 0.2) is 48.0 Å². The minimum absolute atomic E-state index is 0.00762. The summed E-state index contributed by atoms with van der Waals surface area (Å²) in [6, 6.07) is 12.3. The third-order valence-corrected chi connectivity index (χ3v) is 4.56. The molecule has 0 radical (unpaired) electrons. The average Bonchev–Trinajstić information content (AvgIpc) is 2.66. The first-order chi connectivity index (χ1) is 13.6. The van der Waals surface area contributed by atoms with Gasteiger partial charge in [0.1, 0.15) is 12.4 Å². The van der Waals surface area contributed by atoms with Crippen LogP contribution in [0.2, 0.25) is 5.02 Å². The molecule has 1 aliphatic heterocycles. The first kappa shape index (κ1) is 20.9. The summed E-state index contributed by atoms with van der Waals surface area (Å²) in [6.45, 7) is 0.980. The number of carbonyl (C=O) groups is 1. The summed E-state index contributed by atoms with van der Waals surface area (Å²) in [5.74, 6) is -1.20. The van der Waals surface area contributed by atoms with Gasteiger partial charge >= 0.3 is 12.1 Å². The molecule has 2 aromatic carbocycles. The van der Waals surface area contributed by atoms with E-state index in [1.54, 1.807) is 0 Å². The van der Waals surface area contributed by atoms with Crippen molar-refractivity contribution < 1.29 is 27.4 Å². The van der Waals surface area contributed by atoms with Crippen LogP contribution in [0.25, 0.3) is 6.08 Å². The van der Waals surface area contributed by atoms with Crippen molar-refractivity contribution in [1.82, 2.24) is 0 Å². The quantitative estimate of drug-likeness (QED) is 0.529. The van der Waals surface area contributed by atoms with E-state index in [0.717, 1.165) is 11.6 Å². The highest BCUT2D eigenvalue weighted by molar-refractivity contribution is 6.31. The average molecular weight is 424 g/mol. The van der Waals surface area contributed by atoms with Crippen LogP contribution in [-0.4, -0.2) is 30.6 Å². The molecule has 1 N–H and O–H groups in total. The Morgan fingerprint density at radius 1 is 1.24 bits per heavy atom. The smallest absolute Gasteiger partial charge is 0.430 e. The van der Waals surface area contributed by atoms with Crippen LogP contribution in [0.1, 0.15) is 23.6 Å². The van der Waals surface area contributed by atoms with Crippen molar-refractivity contribution in [3.63, 3.8) is 0 Å². The highest BCUT2D eigenvalue weighted by Gasteiger charge is 2.49. The molecule has 1 heterocycles. The molecule has 0 fully saturated rings. The van der Waals surface area contributed by atoms with E-state index in [0.29, 0.717) is 17.0 Å². The van der Waals surface area contributed by atoms with E-state index in [-0.39, 0.29) is 17.0 Å². The number of alkyl halides is 3. The number of fused-ring (bicyclic) bond motifs is 1. The molecule has 0 saturated carbocycles. The molecule has 0 aromatic heterocycles. The van der Waals surface area contributed by atoms with Gasteiger partial charge in [0.2, 0.25) is 6.10 Å². The lowest BCUT2D eigenvalue weighted by molar-refractivity contribution is -0.187. The van der Waals surface area contributed by atoms with Gasteiger partial charge in [0.15, 0.2) is 0 Å². The zero-order valence-electron chi connectivity index (χ0n) is 15.3. The number of benzene rings is 2. The molecule has 0 saturated heterocycles. The van der Waals surface area contributed by atoms with Crippen molar-refractivity contribution in [3.05, 3.63) is 69.8 Å². The van der Waals surface area contributed by atoms with Crippen molar-refractivity contribution >= 4 is 29.4 Å². The number of halogens is 4. The summed E-state index contributed by atoms with van der Waals surface area (Å²) < 4.78 is 50.5.